The molecule has 5 heteroatoms. The Labute approximate surface area is 141 Å². The monoisotopic (exact) mass is 332 g/mol. The summed E-state index contributed by atoms with van der Waals surface area (Å²) in [5, 5.41) is 0.801. The first-order valence-electron chi connectivity index (χ1n) is 8.47. The van der Waals surface area contributed by atoms with Gasteiger partial charge in [0.1, 0.15) is 0 Å². The van der Waals surface area contributed by atoms with Gasteiger partial charge in [-0.3, -0.25) is 9.69 Å². The molecule has 1 fully saturated rings. The highest BCUT2D eigenvalue weighted by atomic mass is 32.1. The van der Waals surface area contributed by atoms with Crippen LogP contribution in [0.5, 0.6) is 0 Å². The zero-order valence-electron chi connectivity index (χ0n) is 13.8. The second-order valence-corrected chi connectivity index (χ2v) is 7.25. The molecule has 124 valence electrons. The Bertz CT molecular complexity index is 631. The summed E-state index contributed by atoms with van der Waals surface area (Å²) < 4.78 is 6.87. The van der Waals surface area contributed by atoms with Gasteiger partial charge in [-0.25, -0.2) is 4.98 Å². The minimum atomic E-state index is 0.0217. The smallest absolute Gasteiger partial charge is 0.231 e. The van der Waals surface area contributed by atoms with Crippen molar-refractivity contribution < 1.29 is 9.53 Å². The third-order valence-electron chi connectivity index (χ3n) is 4.33. The molecule has 2 atom stereocenters. The summed E-state index contributed by atoms with van der Waals surface area (Å²) in [4.78, 5) is 19.5. The molecule has 0 saturated carbocycles. The van der Waals surface area contributed by atoms with Crippen LogP contribution in [-0.4, -0.2) is 30.1 Å². The van der Waals surface area contributed by atoms with Crippen molar-refractivity contribution in [1.82, 2.24) is 4.98 Å². The quantitative estimate of drug-likeness (QED) is 0.794. The van der Waals surface area contributed by atoms with E-state index >= 15 is 0 Å². The minimum absolute atomic E-state index is 0.0217. The lowest BCUT2D eigenvalue weighted by Gasteiger charge is -2.25. The summed E-state index contributed by atoms with van der Waals surface area (Å²) in [6, 6.07) is 8.05. The third kappa shape index (κ3) is 3.72. The van der Waals surface area contributed by atoms with Gasteiger partial charge in [-0.05, 0) is 31.4 Å². The number of para-hydroxylation sites is 1. The van der Waals surface area contributed by atoms with Crippen LogP contribution >= 0.6 is 11.3 Å². The number of carbonyl (C=O) groups is 1. The average Bonchev–Trinajstić information content (AvgIpc) is 3.21. The Balaban J connectivity index is 1.87. The summed E-state index contributed by atoms with van der Waals surface area (Å²) in [5.74, 6) is 0.190. The van der Waals surface area contributed by atoms with Crippen LogP contribution in [0.4, 0.5) is 5.13 Å². The van der Waals surface area contributed by atoms with Crippen molar-refractivity contribution in [3.05, 3.63) is 24.3 Å². The number of hydrogen-bond acceptors (Lipinski definition) is 4. The van der Waals surface area contributed by atoms with E-state index in [0.29, 0.717) is 6.54 Å². The first-order chi connectivity index (χ1) is 11.2. The number of hydrogen-bond donors (Lipinski definition) is 0. The van der Waals surface area contributed by atoms with Crippen LogP contribution in [0, 0.1) is 5.92 Å². The summed E-state index contributed by atoms with van der Waals surface area (Å²) >= 11 is 1.59. The summed E-state index contributed by atoms with van der Waals surface area (Å²) in [5.41, 5.74) is 0.959. The highest BCUT2D eigenvalue weighted by molar-refractivity contribution is 7.22. The molecule has 1 aromatic heterocycles. The number of benzene rings is 1. The molecule has 23 heavy (non-hydrogen) atoms. The van der Waals surface area contributed by atoms with Crippen molar-refractivity contribution in [3.63, 3.8) is 0 Å². The van der Waals surface area contributed by atoms with Crippen molar-refractivity contribution in [3.8, 4) is 0 Å². The van der Waals surface area contributed by atoms with Crippen molar-refractivity contribution in [2.24, 2.45) is 5.92 Å². The number of nitrogens with zero attached hydrogens (tertiary/aromatic N) is 2. The van der Waals surface area contributed by atoms with Gasteiger partial charge >= 0.3 is 0 Å². The normalized spacial score (nSPS) is 19.1. The SMILES string of the molecule is CCCC(C)C(=O)N(CC1CCCO1)c1nc2ccccc2s1. The first kappa shape index (κ1) is 16.4. The van der Waals surface area contributed by atoms with Crippen LogP contribution in [-0.2, 0) is 9.53 Å². The van der Waals surface area contributed by atoms with Gasteiger partial charge in [-0.1, -0.05) is 43.7 Å². The molecule has 1 amide bonds. The molecule has 2 heterocycles. The number of amides is 1. The van der Waals surface area contributed by atoms with Crippen LogP contribution in [0.2, 0.25) is 0 Å². The molecule has 4 nitrogen and oxygen atoms in total. The van der Waals surface area contributed by atoms with E-state index in [1.165, 1.54) is 0 Å². The maximum Gasteiger partial charge on any atom is 0.231 e. The number of anilines is 1. The molecule has 3 rings (SSSR count). The number of carbonyl (C=O) groups excluding carboxylic acids is 1. The van der Waals surface area contributed by atoms with Gasteiger partial charge in [0.15, 0.2) is 5.13 Å². The van der Waals surface area contributed by atoms with Crippen LogP contribution in [0.25, 0.3) is 10.2 Å². The van der Waals surface area contributed by atoms with Gasteiger partial charge in [0.05, 0.1) is 22.9 Å². The number of rotatable bonds is 6. The fourth-order valence-corrected chi connectivity index (χ4v) is 4.03. The summed E-state index contributed by atoms with van der Waals surface area (Å²) in [7, 11) is 0. The molecule has 0 radical (unpaired) electrons. The number of ether oxygens (including phenoxy) is 1. The third-order valence-corrected chi connectivity index (χ3v) is 5.39. The Kier molecular flexibility index (Phi) is 5.28. The van der Waals surface area contributed by atoms with Crippen molar-refractivity contribution in [2.45, 2.75) is 45.6 Å². The van der Waals surface area contributed by atoms with Crippen LogP contribution in [0.3, 0.4) is 0 Å². The Hall–Kier alpha value is -1.46. The van der Waals surface area contributed by atoms with E-state index in [9.17, 15) is 4.79 Å². The second kappa shape index (κ2) is 7.41. The number of fused-ring (bicyclic) bond motifs is 1. The van der Waals surface area contributed by atoms with E-state index in [1.54, 1.807) is 11.3 Å². The molecule has 1 aromatic carbocycles. The Morgan fingerprint density at radius 3 is 3.00 bits per heavy atom. The largest absolute Gasteiger partial charge is 0.376 e. The Morgan fingerprint density at radius 2 is 2.30 bits per heavy atom. The molecule has 1 saturated heterocycles. The van der Waals surface area contributed by atoms with Crippen molar-refractivity contribution in [2.75, 3.05) is 18.1 Å². The van der Waals surface area contributed by atoms with Crippen molar-refractivity contribution >= 4 is 32.6 Å². The molecule has 0 N–H and O–H groups in total. The molecule has 1 aliphatic heterocycles. The van der Waals surface area contributed by atoms with Gasteiger partial charge in [-0.2, -0.15) is 0 Å². The van der Waals surface area contributed by atoms with E-state index in [4.69, 9.17) is 4.74 Å². The molecule has 1 aliphatic rings. The second-order valence-electron chi connectivity index (χ2n) is 6.24. The zero-order chi connectivity index (χ0) is 16.2. The maximum absolute atomic E-state index is 12.9. The van der Waals surface area contributed by atoms with E-state index in [2.05, 4.69) is 18.0 Å². The van der Waals surface area contributed by atoms with Gasteiger partial charge in [-0.15, -0.1) is 0 Å². The molecule has 0 aliphatic carbocycles. The topological polar surface area (TPSA) is 42.4 Å². The maximum atomic E-state index is 12.9. The zero-order valence-corrected chi connectivity index (χ0v) is 14.6. The fourth-order valence-electron chi connectivity index (χ4n) is 3.05. The predicted octanol–water partition coefficient (Wildman–Crippen LogP) is 4.24. The molecule has 2 aromatic rings. The van der Waals surface area contributed by atoms with Gasteiger partial charge in [0.2, 0.25) is 5.91 Å². The molecular formula is C18H24N2O2S. The van der Waals surface area contributed by atoms with E-state index < -0.39 is 0 Å². The van der Waals surface area contributed by atoms with Crippen LogP contribution in [0.15, 0.2) is 24.3 Å². The number of thiazole rings is 1. The van der Waals surface area contributed by atoms with E-state index in [-0.39, 0.29) is 17.9 Å². The highest BCUT2D eigenvalue weighted by Gasteiger charge is 2.28. The van der Waals surface area contributed by atoms with Gasteiger partial charge < -0.3 is 4.74 Å². The molecule has 0 bridgehead atoms. The van der Waals surface area contributed by atoms with Gasteiger partial charge in [0, 0.05) is 12.5 Å². The lowest BCUT2D eigenvalue weighted by Crippen LogP contribution is -2.40. The molecule has 2 unspecified atom stereocenters. The average molecular weight is 332 g/mol. The van der Waals surface area contributed by atoms with Gasteiger partial charge in [0.25, 0.3) is 0 Å². The lowest BCUT2D eigenvalue weighted by atomic mass is 10.0. The molecular weight excluding hydrogens is 308 g/mol. The first-order valence-corrected chi connectivity index (χ1v) is 9.29. The summed E-state index contributed by atoms with van der Waals surface area (Å²) in [6.45, 7) is 5.55. The van der Waals surface area contributed by atoms with Crippen LogP contribution < -0.4 is 4.90 Å². The minimum Gasteiger partial charge on any atom is -0.376 e. The predicted molar refractivity (Wildman–Crippen MR) is 95.0 cm³/mol. The van der Waals surface area contributed by atoms with E-state index in [1.807, 2.05) is 30.0 Å². The standard InChI is InChI=1S/C18H24N2O2S/c1-3-7-13(2)17(21)20(12-14-8-6-11-22-14)18-19-15-9-4-5-10-16(15)23-18/h4-5,9-10,13-14H,3,6-8,11-12H2,1-2H3. The highest BCUT2D eigenvalue weighted by Crippen LogP contribution is 2.31. The van der Waals surface area contributed by atoms with Crippen LogP contribution in [0.1, 0.15) is 39.5 Å². The lowest BCUT2D eigenvalue weighted by molar-refractivity contribution is -0.122. The fraction of sp³-hybridized carbons (Fsp3) is 0.556. The molecule has 0 spiro atoms. The van der Waals surface area contributed by atoms with Crippen molar-refractivity contribution in [1.29, 1.82) is 0 Å². The Morgan fingerprint density at radius 1 is 1.48 bits per heavy atom. The number of aromatic nitrogens is 1. The van der Waals surface area contributed by atoms with E-state index in [0.717, 1.165) is 47.6 Å². The summed E-state index contributed by atoms with van der Waals surface area (Å²) in [6.07, 6.45) is 4.17.